The third-order valence-corrected chi connectivity index (χ3v) is 7.69. The minimum Gasteiger partial charge on any atom is -0.350 e. The molecule has 0 saturated carbocycles. The average molecular weight is 457 g/mol. The summed E-state index contributed by atoms with van der Waals surface area (Å²) >= 11 is 1.65. The molecule has 0 saturated heterocycles. The molecule has 1 amide bonds. The van der Waals surface area contributed by atoms with Crippen LogP contribution in [0.4, 0.5) is 0 Å². The number of nitrogens with one attached hydrogen (secondary N) is 1. The first kappa shape index (κ1) is 23.2. The quantitative estimate of drug-likeness (QED) is 0.487. The number of amides is 1. The van der Waals surface area contributed by atoms with Gasteiger partial charge in [-0.05, 0) is 65.3 Å². The van der Waals surface area contributed by atoms with Crippen LogP contribution < -0.4 is 5.32 Å². The number of carbonyl (C=O) groups excluding carboxylic acids is 1. The predicted octanol–water partition coefficient (Wildman–Crippen LogP) is 4.53. The number of benzene rings is 2. The van der Waals surface area contributed by atoms with Gasteiger partial charge >= 0.3 is 0 Å². The number of thiophene rings is 1. The smallest absolute Gasteiger partial charge is 0.251 e. The van der Waals surface area contributed by atoms with E-state index in [1.54, 1.807) is 65.9 Å². The summed E-state index contributed by atoms with van der Waals surface area (Å²) < 4.78 is 25.3. The third-order valence-electron chi connectivity index (χ3n) is 5.29. The van der Waals surface area contributed by atoms with Gasteiger partial charge in [0, 0.05) is 12.1 Å². The average Bonchev–Trinajstić information content (AvgIpc) is 3.31. The third kappa shape index (κ3) is 6.03. The summed E-state index contributed by atoms with van der Waals surface area (Å²) in [5.41, 5.74) is 2.25. The summed E-state index contributed by atoms with van der Waals surface area (Å²) in [7, 11) is -3.47. The first-order valence-electron chi connectivity index (χ1n) is 10.4. The van der Waals surface area contributed by atoms with Crippen molar-refractivity contribution >= 4 is 27.1 Å². The molecule has 0 aliphatic heterocycles. The Balaban J connectivity index is 1.71. The minimum absolute atomic E-state index is 0.104. The van der Waals surface area contributed by atoms with Gasteiger partial charge in [-0.25, -0.2) is 8.42 Å². The molecule has 0 aliphatic carbocycles. The fraction of sp³-hybridized carbons (Fsp3) is 0.292. The van der Waals surface area contributed by atoms with E-state index < -0.39 is 9.84 Å². The SMILES string of the molecule is CCN(CC)C(CNC(=O)c1cccc(CS(=O)(=O)c2ccccc2)c1)c1ccsc1. The molecule has 5 nitrogen and oxygen atoms in total. The van der Waals surface area contributed by atoms with Crippen LogP contribution in [0.5, 0.6) is 0 Å². The maximum atomic E-state index is 12.8. The summed E-state index contributed by atoms with van der Waals surface area (Å²) in [4.78, 5) is 15.4. The van der Waals surface area contributed by atoms with Crippen LogP contribution in [0.15, 0.2) is 76.3 Å². The zero-order chi connectivity index (χ0) is 22.3. The normalized spacial score (nSPS) is 12.6. The molecule has 1 heterocycles. The van der Waals surface area contributed by atoms with Gasteiger partial charge < -0.3 is 5.32 Å². The van der Waals surface area contributed by atoms with Crippen molar-refractivity contribution in [1.29, 1.82) is 0 Å². The summed E-state index contributed by atoms with van der Waals surface area (Å²) in [5.74, 6) is -0.346. The van der Waals surface area contributed by atoms with E-state index in [1.165, 1.54) is 5.56 Å². The molecule has 0 spiro atoms. The van der Waals surface area contributed by atoms with Gasteiger partial charge in [-0.1, -0.05) is 44.2 Å². The van der Waals surface area contributed by atoms with E-state index in [0.717, 1.165) is 13.1 Å². The maximum Gasteiger partial charge on any atom is 0.251 e. The van der Waals surface area contributed by atoms with Crippen molar-refractivity contribution in [3.63, 3.8) is 0 Å². The van der Waals surface area contributed by atoms with Crippen LogP contribution in [-0.2, 0) is 15.6 Å². The Morgan fingerprint density at radius 3 is 2.42 bits per heavy atom. The summed E-state index contributed by atoms with van der Waals surface area (Å²) in [6, 6.07) is 17.4. The molecular weight excluding hydrogens is 428 g/mol. The maximum absolute atomic E-state index is 12.8. The number of hydrogen-bond donors (Lipinski definition) is 1. The molecule has 3 aromatic rings. The summed E-state index contributed by atoms with van der Waals surface area (Å²) in [5, 5.41) is 7.19. The second-order valence-electron chi connectivity index (χ2n) is 7.28. The van der Waals surface area contributed by atoms with Gasteiger partial charge in [-0.3, -0.25) is 9.69 Å². The Bertz CT molecular complexity index is 1080. The van der Waals surface area contributed by atoms with Crippen LogP contribution in [0.1, 0.15) is 41.4 Å². The van der Waals surface area contributed by atoms with Crippen molar-refractivity contribution in [2.45, 2.75) is 30.5 Å². The molecule has 0 fully saturated rings. The van der Waals surface area contributed by atoms with Crippen LogP contribution in [0.2, 0.25) is 0 Å². The van der Waals surface area contributed by atoms with Crippen molar-refractivity contribution in [2.24, 2.45) is 0 Å². The molecule has 1 N–H and O–H groups in total. The largest absolute Gasteiger partial charge is 0.350 e. The molecule has 0 aliphatic rings. The fourth-order valence-electron chi connectivity index (χ4n) is 3.61. The zero-order valence-corrected chi connectivity index (χ0v) is 19.5. The first-order valence-corrected chi connectivity index (χ1v) is 12.9. The number of nitrogens with zero attached hydrogens (tertiary/aromatic N) is 1. The first-order chi connectivity index (χ1) is 14.9. The second kappa shape index (κ2) is 10.7. The van der Waals surface area contributed by atoms with E-state index >= 15 is 0 Å². The monoisotopic (exact) mass is 456 g/mol. The lowest BCUT2D eigenvalue weighted by Gasteiger charge is -2.29. The second-order valence-corrected chi connectivity index (χ2v) is 10.0. The van der Waals surface area contributed by atoms with E-state index in [9.17, 15) is 13.2 Å². The Morgan fingerprint density at radius 1 is 1.03 bits per heavy atom. The molecule has 1 aromatic heterocycles. The lowest BCUT2D eigenvalue weighted by atomic mass is 10.1. The summed E-state index contributed by atoms with van der Waals surface area (Å²) in [6.45, 7) is 6.49. The number of carbonyl (C=O) groups is 1. The van der Waals surface area contributed by atoms with Crippen LogP contribution in [0, 0.1) is 0 Å². The van der Waals surface area contributed by atoms with Gasteiger partial charge in [0.25, 0.3) is 5.91 Å². The molecule has 0 bridgehead atoms. The van der Waals surface area contributed by atoms with Crippen molar-refractivity contribution in [2.75, 3.05) is 19.6 Å². The van der Waals surface area contributed by atoms with Crippen molar-refractivity contribution in [3.8, 4) is 0 Å². The molecule has 2 aromatic carbocycles. The molecule has 7 heteroatoms. The van der Waals surface area contributed by atoms with E-state index in [2.05, 4.69) is 35.5 Å². The van der Waals surface area contributed by atoms with Crippen LogP contribution in [0.3, 0.4) is 0 Å². The van der Waals surface area contributed by atoms with E-state index in [4.69, 9.17) is 0 Å². The standard InChI is InChI=1S/C24H28N2O3S2/c1-3-26(4-2)23(21-13-14-30-17-21)16-25-24(27)20-10-8-9-19(15-20)18-31(28,29)22-11-6-5-7-12-22/h5-15,17,23H,3-4,16,18H2,1-2H3,(H,25,27). The van der Waals surface area contributed by atoms with Gasteiger partial charge in [-0.15, -0.1) is 0 Å². The zero-order valence-electron chi connectivity index (χ0n) is 17.8. The highest BCUT2D eigenvalue weighted by Gasteiger charge is 2.20. The Hall–Kier alpha value is -2.48. The highest BCUT2D eigenvalue weighted by atomic mass is 32.2. The molecule has 1 unspecified atom stereocenters. The minimum atomic E-state index is -3.47. The van der Waals surface area contributed by atoms with Gasteiger partial charge in [0.15, 0.2) is 9.84 Å². The molecule has 0 radical (unpaired) electrons. The number of likely N-dealkylation sites (N-methyl/N-ethyl adjacent to an activating group) is 1. The fourth-order valence-corrected chi connectivity index (χ4v) is 5.68. The Kier molecular flexibility index (Phi) is 8.01. The van der Waals surface area contributed by atoms with Gasteiger partial charge in [-0.2, -0.15) is 11.3 Å². The number of sulfone groups is 1. The molecule has 164 valence electrons. The van der Waals surface area contributed by atoms with Crippen molar-refractivity contribution in [1.82, 2.24) is 10.2 Å². The predicted molar refractivity (Wildman–Crippen MR) is 126 cm³/mol. The topological polar surface area (TPSA) is 66.5 Å². The lowest BCUT2D eigenvalue weighted by Crippen LogP contribution is -2.37. The number of hydrogen-bond acceptors (Lipinski definition) is 5. The highest BCUT2D eigenvalue weighted by molar-refractivity contribution is 7.90. The molecule has 3 rings (SSSR count). The summed E-state index contributed by atoms with van der Waals surface area (Å²) in [6.07, 6.45) is 0. The highest BCUT2D eigenvalue weighted by Crippen LogP contribution is 2.22. The number of rotatable bonds is 10. The van der Waals surface area contributed by atoms with Gasteiger partial charge in [0.05, 0.1) is 16.7 Å². The van der Waals surface area contributed by atoms with Crippen molar-refractivity contribution in [3.05, 3.63) is 88.1 Å². The molecule has 1 atom stereocenters. The molecule has 31 heavy (non-hydrogen) atoms. The van der Waals surface area contributed by atoms with Crippen LogP contribution in [0.25, 0.3) is 0 Å². The van der Waals surface area contributed by atoms with E-state index in [-0.39, 0.29) is 22.6 Å². The van der Waals surface area contributed by atoms with E-state index in [1.807, 2.05) is 5.38 Å². The van der Waals surface area contributed by atoms with Gasteiger partial charge in [0.1, 0.15) is 0 Å². The Labute approximate surface area is 188 Å². The van der Waals surface area contributed by atoms with Crippen molar-refractivity contribution < 1.29 is 13.2 Å². The van der Waals surface area contributed by atoms with Gasteiger partial charge in [0.2, 0.25) is 0 Å². The Morgan fingerprint density at radius 2 is 1.77 bits per heavy atom. The van der Waals surface area contributed by atoms with E-state index in [0.29, 0.717) is 17.7 Å². The van der Waals surface area contributed by atoms with Crippen LogP contribution >= 0.6 is 11.3 Å². The molecular formula is C24H28N2O3S2. The van der Waals surface area contributed by atoms with Crippen LogP contribution in [-0.4, -0.2) is 38.9 Å². The lowest BCUT2D eigenvalue weighted by molar-refractivity contribution is 0.0935.